The van der Waals surface area contributed by atoms with E-state index in [0.29, 0.717) is 19.3 Å². The third-order valence-electron chi connectivity index (χ3n) is 13.0. The second-order valence-electron chi connectivity index (χ2n) is 19.4. The highest BCUT2D eigenvalue weighted by atomic mass is 16.5. The van der Waals surface area contributed by atoms with Crippen LogP contribution in [0.4, 0.5) is 0 Å². The monoisotopic (exact) mass is 900 g/mol. The van der Waals surface area contributed by atoms with E-state index in [0.717, 1.165) is 70.6 Å². The summed E-state index contributed by atoms with van der Waals surface area (Å²) in [7, 11) is 0. The van der Waals surface area contributed by atoms with Crippen LogP contribution in [0.5, 0.6) is 0 Å². The van der Waals surface area contributed by atoms with Crippen LogP contribution in [0.2, 0.25) is 0 Å². The number of hydrogen-bond donors (Lipinski definition) is 3. The molecule has 0 bridgehead atoms. The van der Waals surface area contributed by atoms with Gasteiger partial charge in [-0.25, -0.2) is 0 Å². The van der Waals surface area contributed by atoms with Gasteiger partial charge in [0.15, 0.2) is 0 Å². The summed E-state index contributed by atoms with van der Waals surface area (Å²) >= 11 is 0. The normalized spacial score (nSPS) is 13.4. The molecule has 0 aliphatic carbocycles. The summed E-state index contributed by atoms with van der Waals surface area (Å²) in [6.07, 6.45) is 62.0. The second-order valence-corrected chi connectivity index (χ2v) is 19.4. The Balaban J connectivity index is 4.52. The molecule has 3 unspecified atom stereocenters. The summed E-state index contributed by atoms with van der Waals surface area (Å²) in [4.78, 5) is 26.2. The largest absolute Gasteiger partial charge is 0.462 e. The average Bonchev–Trinajstić information content (AvgIpc) is 3.29. The molecular weight excluding hydrogens is 791 g/mol. The van der Waals surface area contributed by atoms with Crippen molar-refractivity contribution in [3.8, 4) is 0 Å². The van der Waals surface area contributed by atoms with Gasteiger partial charge in [0.05, 0.1) is 25.2 Å². The molecule has 0 rings (SSSR count). The van der Waals surface area contributed by atoms with Crippen LogP contribution in [0.15, 0.2) is 36.5 Å². The van der Waals surface area contributed by atoms with Crippen molar-refractivity contribution in [1.82, 2.24) is 5.32 Å². The Hall–Kier alpha value is -1.92. The van der Waals surface area contributed by atoms with Crippen LogP contribution >= 0.6 is 0 Å². The van der Waals surface area contributed by atoms with Gasteiger partial charge < -0.3 is 20.3 Å². The van der Waals surface area contributed by atoms with E-state index < -0.39 is 18.2 Å². The fourth-order valence-corrected chi connectivity index (χ4v) is 8.65. The van der Waals surface area contributed by atoms with Crippen LogP contribution in [0.25, 0.3) is 0 Å². The molecule has 0 heterocycles. The minimum Gasteiger partial charge on any atom is -0.462 e. The maximum Gasteiger partial charge on any atom is 0.306 e. The molecule has 0 fully saturated rings. The maximum atomic E-state index is 13.2. The topological polar surface area (TPSA) is 95.9 Å². The fraction of sp³-hybridized carbons (Fsp3) is 0.862. The Morgan fingerprint density at radius 2 is 0.797 bits per heavy atom. The average molecular weight is 901 g/mol. The van der Waals surface area contributed by atoms with Gasteiger partial charge in [0.25, 0.3) is 0 Å². The van der Waals surface area contributed by atoms with Crippen LogP contribution in [-0.4, -0.2) is 46.9 Å². The highest BCUT2D eigenvalue weighted by Gasteiger charge is 2.24. The van der Waals surface area contributed by atoms with Gasteiger partial charge in [-0.3, -0.25) is 9.59 Å². The molecule has 376 valence electrons. The van der Waals surface area contributed by atoms with E-state index in [9.17, 15) is 19.8 Å². The van der Waals surface area contributed by atoms with Gasteiger partial charge in [-0.2, -0.15) is 0 Å². The summed E-state index contributed by atoms with van der Waals surface area (Å²) in [6, 6.07) is -0.707. The van der Waals surface area contributed by atoms with Gasteiger partial charge in [0, 0.05) is 6.42 Å². The number of unbranched alkanes of at least 4 members (excludes halogenated alkanes) is 34. The lowest BCUT2D eigenvalue weighted by atomic mass is 10.0. The Morgan fingerprint density at radius 1 is 0.453 bits per heavy atom. The van der Waals surface area contributed by atoms with Crippen molar-refractivity contribution < 1.29 is 24.5 Å². The molecule has 0 aromatic rings. The molecule has 0 saturated carbocycles. The predicted octanol–water partition coefficient (Wildman–Crippen LogP) is 17.2. The summed E-state index contributed by atoms with van der Waals surface area (Å²) in [6.45, 7) is 6.46. The lowest BCUT2D eigenvalue weighted by Crippen LogP contribution is -2.46. The Kier molecular flexibility index (Phi) is 50.5. The smallest absolute Gasteiger partial charge is 0.306 e. The lowest BCUT2D eigenvalue weighted by Gasteiger charge is -2.24. The van der Waals surface area contributed by atoms with Crippen molar-refractivity contribution in [2.45, 2.75) is 315 Å². The zero-order valence-electron chi connectivity index (χ0n) is 42.9. The second kappa shape index (κ2) is 52.1. The third kappa shape index (κ3) is 46.6. The zero-order chi connectivity index (χ0) is 46.7. The summed E-state index contributed by atoms with van der Waals surface area (Å²) in [5.74, 6) is -0.488. The van der Waals surface area contributed by atoms with Crippen molar-refractivity contribution >= 4 is 11.9 Å². The molecule has 0 aromatic heterocycles. The Labute approximate surface area is 398 Å². The molecule has 0 aliphatic rings. The molecule has 0 aromatic carbocycles. The van der Waals surface area contributed by atoms with Gasteiger partial charge in [-0.1, -0.05) is 243 Å². The van der Waals surface area contributed by atoms with Crippen LogP contribution in [-0.2, 0) is 14.3 Å². The number of hydrogen-bond acceptors (Lipinski definition) is 5. The van der Waals surface area contributed by atoms with Gasteiger partial charge >= 0.3 is 5.97 Å². The first-order chi connectivity index (χ1) is 31.5. The maximum absolute atomic E-state index is 13.2. The molecule has 0 spiro atoms. The Bertz CT molecular complexity index is 1060. The van der Waals surface area contributed by atoms with E-state index in [2.05, 4.69) is 62.5 Å². The Morgan fingerprint density at radius 3 is 1.25 bits per heavy atom. The number of aliphatic hydroxyl groups excluding tert-OH is 2. The standard InChI is InChI=1S/C58H109NO5/c1-4-7-10-13-16-19-22-25-27-28-30-32-35-38-41-44-47-50-56(61)55(53-60)59-57(62)52-54(49-46-43-40-37-34-31-24-21-18-15-12-9-6-3)64-58(63)51-48-45-42-39-36-33-29-26-23-20-17-14-11-8-5-2/h18,20-21,23-24,31,54-56,60-61H,4-17,19,22,25-30,32-53H2,1-3H3,(H,59,62)/b21-18+,23-20-,31-24+. The number of allylic oxidation sites excluding steroid dienone is 6. The van der Waals surface area contributed by atoms with E-state index in [1.54, 1.807) is 0 Å². The minimum atomic E-state index is -0.793. The number of carbonyl (C=O) groups is 2. The first-order valence-electron chi connectivity index (χ1n) is 28.2. The number of rotatable bonds is 51. The molecule has 64 heavy (non-hydrogen) atoms. The highest BCUT2D eigenvalue weighted by Crippen LogP contribution is 2.18. The number of ether oxygens (including phenoxy) is 1. The van der Waals surface area contributed by atoms with E-state index in [1.807, 2.05) is 0 Å². The zero-order valence-corrected chi connectivity index (χ0v) is 42.9. The first-order valence-corrected chi connectivity index (χ1v) is 28.2. The molecule has 3 N–H and O–H groups in total. The summed E-state index contributed by atoms with van der Waals surface area (Å²) in [5, 5.41) is 23.9. The van der Waals surface area contributed by atoms with E-state index in [1.165, 1.54) is 180 Å². The van der Waals surface area contributed by atoms with Crippen molar-refractivity contribution in [1.29, 1.82) is 0 Å². The van der Waals surface area contributed by atoms with Crippen LogP contribution in [0.3, 0.4) is 0 Å². The van der Waals surface area contributed by atoms with Crippen LogP contribution < -0.4 is 5.32 Å². The lowest BCUT2D eigenvalue weighted by molar-refractivity contribution is -0.151. The molecule has 1 amide bonds. The van der Waals surface area contributed by atoms with Crippen molar-refractivity contribution in [2.75, 3.05) is 6.61 Å². The van der Waals surface area contributed by atoms with Crippen molar-refractivity contribution in [3.63, 3.8) is 0 Å². The van der Waals surface area contributed by atoms with Gasteiger partial charge in [0.2, 0.25) is 5.91 Å². The molecule has 6 nitrogen and oxygen atoms in total. The first kappa shape index (κ1) is 62.1. The molecule has 0 saturated heterocycles. The molecule has 3 atom stereocenters. The van der Waals surface area contributed by atoms with Gasteiger partial charge in [-0.15, -0.1) is 0 Å². The van der Waals surface area contributed by atoms with Crippen molar-refractivity contribution in [3.05, 3.63) is 36.5 Å². The number of amides is 1. The molecule has 0 aliphatic heterocycles. The third-order valence-corrected chi connectivity index (χ3v) is 13.0. The van der Waals surface area contributed by atoms with Gasteiger partial charge in [0.1, 0.15) is 6.10 Å². The quantitative estimate of drug-likeness (QED) is 0.0245. The fourth-order valence-electron chi connectivity index (χ4n) is 8.65. The SMILES string of the molecule is CCCCC/C=C/C=C/CCCCCCC(CC(=O)NC(CO)C(O)CCCCCCCCCCCCCCCCCCC)OC(=O)CCCCCCCCC/C=C\CCCCCC. The van der Waals surface area contributed by atoms with E-state index in [4.69, 9.17) is 4.74 Å². The number of aliphatic hydroxyl groups is 2. The predicted molar refractivity (Wildman–Crippen MR) is 278 cm³/mol. The van der Waals surface area contributed by atoms with E-state index >= 15 is 0 Å². The van der Waals surface area contributed by atoms with Crippen LogP contribution in [0, 0.1) is 0 Å². The highest BCUT2D eigenvalue weighted by molar-refractivity contribution is 5.77. The molecule has 6 heteroatoms. The van der Waals surface area contributed by atoms with Gasteiger partial charge in [-0.05, 0) is 77.0 Å². The summed E-state index contributed by atoms with van der Waals surface area (Å²) in [5.41, 5.74) is 0. The molecular formula is C58H109NO5. The number of esters is 1. The number of nitrogens with one attached hydrogen (secondary N) is 1. The van der Waals surface area contributed by atoms with Crippen molar-refractivity contribution in [2.24, 2.45) is 0 Å². The van der Waals surface area contributed by atoms with Crippen LogP contribution in [0.1, 0.15) is 297 Å². The number of carbonyl (C=O) groups excluding carboxylic acids is 2. The molecule has 0 radical (unpaired) electrons. The van der Waals surface area contributed by atoms with E-state index in [-0.39, 0.29) is 24.9 Å². The summed E-state index contributed by atoms with van der Waals surface area (Å²) < 4.78 is 5.94. The minimum absolute atomic E-state index is 0.0649.